The summed E-state index contributed by atoms with van der Waals surface area (Å²) < 4.78 is 32.8. The van der Waals surface area contributed by atoms with E-state index in [1.54, 1.807) is 43.3 Å². The summed E-state index contributed by atoms with van der Waals surface area (Å²) in [5, 5.41) is 4.81. The zero-order chi connectivity index (χ0) is 22.6. The van der Waals surface area contributed by atoms with Gasteiger partial charge in [-0.1, -0.05) is 46.9 Å². The van der Waals surface area contributed by atoms with E-state index in [9.17, 15) is 8.42 Å². The zero-order valence-corrected chi connectivity index (χ0v) is 19.4. The SMILES string of the molecule is COc1ccc(NS(=O)(=O)c2ccc(/C(C)=N/Nc3nc(Cl)c(Cl)cc3Cl)cc2)cc1. The molecule has 1 heterocycles. The zero-order valence-electron chi connectivity index (χ0n) is 16.4. The number of hydrazone groups is 1. The summed E-state index contributed by atoms with van der Waals surface area (Å²) in [4.78, 5) is 4.14. The average molecular weight is 500 g/mol. The van der Waals surface area contributed by atoms with Crippen LogP contribution < -0.4 is 14.9 Å². The Hall–Kier alpha value is -2.52. The Morgan fingerprint density at radius 2 is 1.65 bits per heavy atom. The van der Waals surface area contributed by atoms with Gasteiger partial charge >= 0.3 is 0 Å². The number of ether oxygens (including phenoxy) is 1. The van der Waals surface area contributed by atoms with Crippen LogP contribution in [0.15, 0.2) is 64.6 Å². The number of sulfonamides is 1. The molecule has 0 radical (unpaired) electrons. The molecular formula is C20H17Cl3N4O3S. The van der Waals surface area contributed by atoms with Gasteiger partial charge in [-0.15, -0.1) is 0 Å². The molecule has 0 saturated heterocycles. The van der Waals surface area contributed by atoms with Crippen molar-refractivity contribution in [3.05, 3.63) is 75.4 Å². The molecule has 0 spiro atoms. The van der Waals surface area contributed by atoms with Crippen molar-refractivity contribution in [2.75, 3.05) is 17.3 Å². The van der Waals surface area contributed by atoms with E-state index in [-0.39, 0.29) is 25.9 Å². The van der Waals surface area contributed by atoms with Crippen LogP contribution in [0.1, 0.15) is 12.5 Å². The van der Waals surface area contributed by atoms with E-state index in [0.29, 0.717) is 22.7 Å². The summed E-state index contributed by atoms with van der Waals surface area (Å²) in [5.41, 5.74) is 4.44. The Morgan fingerprint density at radius 1 is 1.00 bits per heavy atom. The second kappa shape index (κ2) is 9.74. The number of hydrogen-bond acceptors (Lipinski definition) is 6. The highest BCUT2D eigenvalue weighted by molar-refractivity contribution is 7.92. The van der Waals surface area contributed by atoms with Crippen molar-refractivity contribution < 1.29 is 13.2 Å². The molecule has 31 heavy (non-hydrogen) atoms. The molecule has 3 aromatic rings. The standard InChI is InChI=1S/C20H17Cl3N4O3S/c1-12(25-26-20-18(22)11-17(21)19(23)24-20)13-3-9-16(10-4-13)31(28,29)27-14-5-7-15(30-2)8-6-14/h3-11,27H,1-2H3,(H,24,26)/b25-12+. The minimum Gasteiger partial charge on any atom is -0.497 e. The van der Waals surface area contributed by atoms with E-state index in [4.69, 9.17) is 39.5 Å². The predicted octanol–water partition coefficient (Wildman–Crippen LogP) is 5.69. The third-order valence-electron chi connectivity index (χ3n) is 4.14. The van der Waals surface area contributed by atoms with E-state index in [2.05, 4.69) is 20.2 Å². The summed E-state index contributed by atoms with van der Waals surface area (Å²) in [7, 11) is -2.21. The van der Waals surface area contributed by atoms with Crippen molar-refractivity contribution in [3.8, 4) is 5.75 Å². The Bertz CT molecular complexity index is 1220. The average Bonchev–Trinajstić information content (AvgIpc) is 2.75. The third-order valence-corrected chi connectivity index (χ3v) is 6.50. The number of benzene rings is 2. The topological polar surface area (TPSA) is 92.7 Å². The highest BCUT2D eigenvalue weighted by Gasteiger charge is 2.14. The fraction of sp³-hybridized carbons (Fsp3) is 0.100. The quantitative estimate of drug-likeness (QED) is 0.248. The minimum absolute atomic E-state index is 0.0975. The first kappa shape index (κ1) is 23.1. The van der Waals surface area contributed by atoms with E-state index in [0.717, 1.165) is 0 Å². The van der Waals surface area contributed by atoms with Gasteiger partial charge in [0.1, 0.15) is 10.9 Å². The summed E-state index contributed by atoms with van der Waals surface area (Å²) >= 11 is 17.8. The number of nitrogens with zero attached hydrogens (tertiary/aromatic N) is 2. The van der Waals surface area contributed by atoms with Gasteiger partial charge in [0.25, 0.3) is 10.0 Å². The van der Waals surface area contributed by atoms with Crippen LogP contribution in [0.3, 0.4) is 0 Å². The fourth-order valence-corrected chi connectivity index (χ4v) is 4.07. The van der Waals surface area contributed by atoms with E-state index >= 15 is 0 Å². The first-order valence-electron chi connectivity index (χ1n) is 8.79. The normalized spacial score (nSPS) is 11.8. The molecule has 0 aliphatic carbocycles. The third kappa shape index (κ3) is 5.80. The van der Waals surface area contributed by atoms with Crippen molar-refractivity contribution in [1.82, 2.24) is 4.98 Å². The number of aromatic nitrogens is 1. The summed E-state index contributed by atoms with van der Waals surface area (Å²) in [6.45, 7) is 1.75. The molecule has 7 nitrogen and oxygen atoms in total. The molecular weight excluding hydrogens is 483 g/mol. The number of nitrogens with one attached hydrogen (secondary N) is 2. The van der Waals surface area contributed by atoms with Crippen LogP contribution in [0.5, 0.6) is 5.75 Å². The smallest absolute Gasteiger partial charge is 0.261 e. The monoisotopic (exact) mass is 498 g/mol. The van der Waals surface area contributed by atoms with Crippen LogP contribution in [0.4, 0.5) is 11.5 Å². The molecule has 0 unspecified atom stereocenters. The van der Waals surface area contributed by atoms with Gasteiger partial charge in [0.15, 0.2) is 5.82 Å². The van der Waals surface area contributed by atoms with Gasteiger partial charge < -0.3 is 4.74 Å². The van der Waals surface area contributed by atoms with Crippen LogP contribution in [0, 0.1) is 0 Å². The number of pyridine rings is 1. The minimum atomic E-state index is -3.75. The second-order valence-corrected chi connectivity index (χ2v) is 9.11. The maximum absolute atomic E-state index is 12.6. The fourth-order valence-electron chi connectivity index (χ4n) is 2.47. The molecule has 0 bridgehead atoms. The Balaban J connectivity index is 1.73. The molecule has 2 N–H and O–H groups in total. The molecule has 2 aromatic carbocycles. The lowest BCUT2D eigenvalue weighted by Gasteiger charge is -2.10. The maximum Gasteiger partial charge on any atom is 0.261 e. The number of rotatable bonds is 7. The molecule has 0 atom stereocenters. The van der Waals surface area contributed by atoms with Crippen molar-refractivity contribution in [2.45, 2.75) is 11.8 Å². The summed E-state index contributed by atoms with van der Waals surface area (Å²) in [6.07, 6.45) is 0. The van der Waals surface area contributed by atoms with Crippen LogP contribution >= 0.6 is 34.8 Å². The lowest BCUT2D eigenvalue weighted by atomic mass is 10.1. The van der Waals surface area contributed by atoms with E-state index in [1.807, 2.05) is 0 Å². The molecule has 0 saturated carbocycles. The van der Waals surface area contributed by atoms with Crippen molar-refractivity contribution in [2.24, 2.45) is 5.10 Å². The Labute approximate surface area is 195 Å². The molecule has 0 amide bonds. The van der Waals surface area contributed by atoms with Crippen molar-refractivity contribution >= 4 is 62.0 Å². The molecule has 3 rings (SSSR count). The lowest BCUT2D eigenvalue weighted by molar-refractivity contribution is 0.415. The van der Waals surface area contributed by atoms with Gasteiger partial charge in [0.2, 0.25) is 0 Å². The molecule has 1 aromatic heterocycles. The van der Waals surface area contributed by atoms with Crippen molar-refractivity contribution in [3.63, 3.8) is 0 Å². The van der Waals surface area contributed by atoms with Crippen LogP contribution in [-0.4, -0.2) is 26.2 Å². The van der Waals surface area contributed by atoms with E-state index < -0.39 is 10.0 Å². The first-order chi connectivity index (χ1) is 14.7. The van der Waals surface area contributed by atoms with Gasteiger partial charge in [0.05, 0.1) is 27.8 Å². The van der Waals surface area contributed by atoms with Crippen LogP contribution in [0.25, 0.3) is 0 Å². The van der Waals surface area contributed by atoms with E-state index in [1.165, 1.54) is 25.3 Å². The highest BCUT2D eigenvalue weighted by Crippen LogP contribution is 2.29. The van der Waals surface area contributed by atoms with Gasteiger partial charge in [-0.05, 0) is 55.0 Å². The van der Waals surface area contributed by atoms with Gasteiger partial charge in [0, 0.05) is 5.69 Å². The number of halogens is 3. The number of hydrogen-bond donors (Lipinski definition) is 2. The van der Waals surface area contributed by atoms with Crippen LogP contribution in [-0.2, 0) is 10.0 Å². The molecule has 0 aliphatic heterocycles. The van der Waals surface area contributed by atoms with Crippen LogP contribution in [0.2, 0.25) is 15.2 Å². The first-order valence-corrected chi connectivity index (χ1v) is 11.4. The molecule has 162 valence electrons. The highest BCUT2D eigenvalue weighted by atomic mass is 35.5. The number of anilines is 2. The second-order valence-electron chi connectivity index (χ2n) is 6.26. The molecule has 11 heteroatoms. The van der Waals surface area contributed by atoms with Gasteiger partial charge in [-0.3, -0.25) is 10.1 Å². The van der Waals surface area contributed by atoms with Crippen molar-refractivity contribution in [1.29, 1.82) is 0 Å². The predicted molar refractivity (Wildman–Crippen MR) is 125 cm³/mol. The van der Waals surface area contributed by atoms with Gasteiger partial charge in [-0.25, -0.2) is 13.4 Å². The molecule has 0 fully saturated rings. The molecule has 0 aliphatic rings. The Morgan fingerprint density at radius 3 is 2.26 bits per heavy atom. The summed E-state index contributed by atoms with van der Waals surface area (Å²) in [5.74, 6) is 0.881. The number of methoxy groups -OCH3 is 1. The Kier molecular flexibility index (Phi) is 7.27. The largest absolute Gasteiger partial charge is 0.497 e. The maximum atomic E-state index is 12.6. The lowest BCUT2D eigenvalue weighted by Crippen LogP contribution is -2.13. The van der Waals surface area contributed by atoms with Gasteiger partial charge in [-0.2, -0.15) is 5.10 Å². The summed E-state index contributed by atoms with van der Waals surface area (Å²) in [6, 6.07) is 14.3.